The molecule has 1 aliphatic heterocycles. The summed E-state index contributed by atoms with van der Waals surface area (Å²) in [6.45, 7) is 1.34. The molecule has 144 valence electrons. The summed E-state index contributed by atoms with van der Waals surface area (Å²) in [7, 11) is 0. The molecule has 4 rings (SSSR count). The van der Waals surface area contributed by atoms with Crippen LogP contribution in [0.5, 0.6) is 0 Å². The summed E-state index contributed by atoms with van der Waals surface area (Å²) in [5, 5.41) is 2.67. The molecule has 3 fully saturated rings. The third-order valence-corrected chi connectivity index (χ3v) is 5.94. The molecule has 1 heterocycles. The third kappa shape index (κ3) is 3.19. The lowest BCUT2D eigenvalue weighted by Gasteiger charge is -2.30. The van der Waals surface area contributed by atoms with Gasteiger partial charge in [-0.05, 0) is 50.3 Å². The van der Waals surface area contributed by atoms with Gasteiger partial charge in [-0.1, -0.05) is 25.0 Å². The minimum absolute atomic E-state index is 0.156. The van der Waals surface area contributed by atoms with Crippen molar-refractivity contribution in [2.24, 2.45) is 0 Å². The van der Waals surface area contributed by atoms with E-state index in [4.69, 9.17) is 0 Å². The van der Waals surface area contributed by atoms with E-state index >= 15 is 0 Å². The number of carbonyl (C=O) groups is 3. The zero-order valence-electron chi connectivity index (χ0n) is 15.4. The quantitative estimate of drug-likeness (QED) is 0.807. The lowest BCUT2D eigenvalue weighted by Crippen LogP contribution is -2.48. The Bertz CT molecular complexity index is 771. The van der Waals surface area contributed by atoms with Gasteiger partial charge in [0.2, 0.25) is 5.91 Å². The summed E-state index contributed by atoms with van der Waals surface area (Å²) in [6, 6.07) is 5.37. The van der Waals surface area contributed by atoms with Crippen LogP contribution in [-0.2, 0) is 15.1 Å². The summed E-state index contributed by atoms with van der Waals surface area (Å²) in [5.74, 6) is -1.05. The van der Waals surface area contributed by atoms with Crippen molar-refractivity contribution in [2.45, 2.75) is 63.1 Å². The molecule has 4 amide bonds. The molecule has 1 N–H and O–H groups in total. The number of hydrogen-bond acceptors (Lipinski definition) is 3. The molecule has 1 aromatic carbocycles. The van der Waals surface area contributed by atoms with Crippen molar-refractivity contribution < 1.29 is 18.8 Å². The molecule has 7 heteroatoms. The molecular formula is C20H24FN3O3. The van der Waals surface area contributed by atoms with E-state index in [9.17, 15) is 18.8 Å². The van der Waals surface area contributed by atoms with Gasteiger partial charge in [-0.2, -0.15) is 0 Å². The van der Waals surface area contributed by atoms with Crippen LogP contribution in [0, 0.1) is 5.82 Å². The van der Waals surface area contributed by atoms with Gasteiger partial charge >= 0.3 is 6.03 Å². The Balaban J connectivity index is 1.51. The molecule has 2 aliphatic carbocycles. The van der Waals surface area contributed by atoms with E-state index < -0.39 is 23.3 Å². The van der Waals surface area contributed by atoms with E-state index in [-0.39, 0.29) is 24.5 Å². The van der Waals surface area contributed by atoms with Crippen LogP contribution >= 0.6 is 0 Å². The molecule has 0 radical (unpaired) electrons. The highest BCUT2D eigenvalue weighted by Crippen LogP contribution is 2.35. The number of benzene rings is 1. The number of halogens is 1. The van der Waals surface area contributed by atoms with Crippen LogP contribution in [-0.4, -0.2) is 46.3 Å². The fraction of sp³-hybridized carbons (Fsp3) is 0.550. The smallest absolute Gasteiger partial charge is 0.325 e. The average Bonchev–Trinajstić information content (AvgIpc) is 3.27. The highest BCUT2D eigenvalue weighted by atomic mass is 19.1. The molecular weight excluding hydrogens is 349 g/mol. The first-order valence-corrected chi connectivity index (χ1v) is 9.61. The lowest BCUT2D eigenvalue weighted by molar-refractivity contribution is -0.140. The Hall–Kier alpha value is -2.44. The van der Waals surface area contributed by atoms with Gasteiger partial charge in [0.05, 0.1) is 0 Å². The van der Waals surface area contributed by atoms with E-state index in [0.717, 1.165) is 43.4 Å². The Morgan fingerprint density at radius 3 is 2.33 bits per heavy atom. The zero-order valence-corrected chi connectivity index (χ0v) is 15.4. The Morgan fingerprint density at radius 1 is 1.15 bits per heavy atom. The molecule has 0 spiro atoms. The molecule has 3 aliphatic rings. The summed E-state index contributed by atoms with van der Waals surface area (Å²) >= 11 is 0. The molecule has 1 atom stereocenters. The lowest BCUT2D eigenvalue weighted by atomic mass is 9.92. The van der Waals surface area contributed by atoms with Crippen molar-refractivity contribution in [3.63, 3.8) is 0 Å². The van der Waals surface area contributed by atoms with E-state index in [0.29, 0.717) is 5.56 Å². The predicted molar refractivity (Wildman–Crippen MR) is 96.1 cm³/mol. The number of rotatable bonds is 5. The van der Waals surface area contributed by atoms with Gasteiger partial charge in [-0.3, -0.25) is 14.5 Å². The summed E-state index contributed by atoms with van der Waals surface area (Å²) in [6.07, 6.45) is 6.22. The van der Waals surface area contributed by atoms with Crippen LogP contribution < -0.4 is 5.32 Å². The van der Waals surface area contributed by atoms with Gasteiger partial charge in [0.1, 0.15) is 17.9 Å². The van der Waals surface area contributed by atoms with Gasteiger partial charge in [-0.25, -0.2) is 9.18 Å². The number of imide groups is 1. The van der Waals surface area contributed by atoms with E-state index in [1.54, 1.807) is 6.92 Å². The molecule has 1 saturated heterocycles. The monoisotopic (exact) mass is 373 g/mol. The van der Waals surface area contributed by atoms with Crippen molar-refractivity contribution in [3.05, 3.63) is 35.6 Å². The first-order chi connectivity index (χ1) is 12.9. The first kappa shape index (κ1) is 17.9. The number of amides is 4. The summed E-state index contributed by atoms with van der Waals surface area (Å²) < 4.78 is 13.2. The molecule has 6 nitrogen and oxygen atoms in total. The maximum Gasteiger partial charge on any atom is 0.325 e. The van der Waals surface area contributed by atoms with Crippen molar-refractivity contribution in [1.29, 1.82) is 0 Å². The molecule has 1 aromatic rings. The summed E-state index contributed by atoms with van der Waals surface area (Å²) in [4.78, 5) is 41.3. The SMILES string of the molecule is CC1(c2ccc(F)cc2)NC(=O)N(CC(=O)N(C2CCCC2)C2CC2)C1=O. The summed E-state index contributed by atoms with van der Waals surface area (Å²) in [5.41, 5.74) is -0.796. The molecule has 0 bridgehead atoms. The highest BCUT2D eigenvalue weighted by Gasteiger charge is 2.50. The second-order valence-corrected chi connectivity index (χ2v) is 7.92. The van der Waals surface area contributed by atoms with Crippen LogP contribution in [0.3, 0.4) is 0 Å². The van der Waals surface area contributed by atoms with E-state index in [1.807, 2.05) is 4.90 Å². The van der Waals surface area contributed by atoms with E-state index in [1.165, 1.54) is 24.3 Å². The standard InChI is InChI=1S/C20H24FN3O3/c1-20(13-6-8-14(21)9-7-13)18(26)23(19(27)22-20)12-17(25)24(16-10-11-16)15-4-2-3-5-15/h6-9,15-16H,2-5,10-12H2,1H3,(H,22,27). The molecule has 1 unspecified atom stereocenters. The number of nitrogens with zero attached hydrogens (tertiary/aromatic N) is 2. The number of carbonyl (C=O) groups excluding carboxylic acids is 3. The maximum absolute atomic E-state index is 13.2. The van der Waals surface area contributed by atoms with Crippen molar-refractivity contribution >= 4 is 17.8 Å². The van der Waals surface area contributed by atoms with Crippen LogP contribution in [0.4, 0.5) is 9.18 Å². The third-order valence-electron chi connectivity index (χ3n) is 5.94. The second kappa shape index (κ2) is 6.62. The number of urea groups is 1. The largest absolute Gasteiger partial charge is 0.335 e. The normalized spacial score (nSPS) is 25.8. The number of nitrogens with one attached hydrogen (secondary N) is 1. The van der Waals surface area contributed by atoms with Crippen LogP contribution in [0.15, 0.2) is 24.3 Å². The molecule has 2 saturated carbocycles. The zero-order chi connectivity index (χ0) is 19.2. The fourth-order valence-corrected chi connectivity index (χ4v) is 4.28. The predicted octanol–water partition coefficient (Wildman–Crippen LogP) is 2.53. The van der Waals surface area contributed by atoms with Crippen molar-refractivity contribution in [3.8, 4) is 0 Å². The highest BCUT2D eigenvalue weighted by molar-refractivity contribution is 6.09. The van der Waals surface area contributed by atoms with Gasteiger partial charge in [-0.15, -0.1) is 0 Å². The Morgan fingerprint density at radius 2 is 1.74 bits per heavy atom. The topological polar surface area (TPSA) is 69.7 Å². The minimum atomic E-state index is -1.29. The van der Waals surface area contributed by atoms with E-state index in [2.05, 4.69) is 5.32 Å². The van der Waals surface area contributed by atoms with Gasteiger partial charge in [0, 0.05) is 12.1 Å². The van der Waals surface area contributed by atoms with Gasteiger partial charge < -0.3 is 10.2 Å². The Labute approximate surface area is 157 Å². The molecule has 0 aromatic heterocycles. The van der Waals surface area contributed by atoms with Crippen LogP contribution in [0.25, 0.3) is 0 Å². The van der Waals surface area contributed by atoms with Crippen molar-refractivity contribution in [2.75, 3.05) is 6.54 Å². The van der Waals surface area contributed by atoms with Crippen LogP contribution in [0.2, 0.25) is 0 Å². The van der Waals surface area contributed by atoms with Gasteiger partial charge in [0.25, 0.3) is 5.91 Å². The first-order valence-electron chi connectivity index (χ1n) is 9.61. The van der Waals surface area contributed by atoms with Crippen LogP contribution in [0.1, 0.15) is 51.0 Å². The fourth-order valence-electron chi connectivity index (χ4n) is 4.28. The average molecular weight is 373 g/mol. The Kier molecular flexibility index (Phi) is 4.40. The van der Waals surface area contributed by atoms with Gasteiger partial charge in [0.15, 0.2) is 0 Å². The molecule has 27 heavy (non-hydrogen) atoms. The second-order valence-electron chi connectivity index (χ2n) is 7.92. The maximum atomic E-state index is 13.2. The number of hydrogen-bond donors (Lipinski definition) is 1. The van der Waals surface area contributed by atoms with Crippen molar-refractivity contribution in [1.82, 2.24) is 15.1 Å². The minimum Gasteiger partial charge on any atom is -0.335 e.